The normalized spacial score (nSPS) is 9.57. The second kappa shape index (κ2) is 4.85. The van der Waals surface area contributed by atoms with Gasteiger partial charge in [0.1, 0.15) is 16.7 Å². The molecular formula is C9H8BrNO3. The van der Waals surface area contributed by atoms with Crippen molar-refractivity contribution >= 4 is 27.7 Å². The lowest BCUT2D eigenvalue weighted by atomic mass is 10.2. The molecule has 74 valence electrons. The molecule has 1 aromatic heterocycles. The average Bonchev–Trinajstić information content (AvgIpc) is 2.17. The molecule has 0 radical (unpaired) electrons. The van der Waals surface area contributed by atoms with Crippen LogP contribution in [0.25, 0.3) is 0 Å². The van der Waals surface area contributed by atoms with Crippen molar-refractivity contribution in [2.24, 2.45) is 0 Å². The molecule has 1 heterocycles. The molecule has 5 heteroatoms. The van der Waals surface area contributed by atoms with Gasteiger partial charge in [0.2, 0.25) is 0 Å². The number of Topliss-reactive ketones (excluding diaryl/α,β-unsaturated/α-hetero) is 1. The maximum atomic E-state index is 11.4. The summed E-state index contributed by atoms with van der Waals surface area (Å²) in [5.74, 6) is -0.907. The van der Waals surface area contributed by atoms with Crippen LogP contribution >= 0.6 is 15.9 Å². The van der Waals surface area contributed by atoms with Crippen LogP contribution in [0, 0.1) is 0 Å². The quantitative estimate of drug-likeness (QED) is 0.357. The summed E-state index contributed by atoms with van der Waals surface area (Å²) in [4.78, 5) is 26.1. The Balaban J connectivity index is 2.75. The van der Waals surface area contributed by atoms with Gasteiger partial charge in [0.15, 0.2) is 5.78 Å². The Hall–Kier alpha value is -1.23. The molecule has 1 aromatic rings. The van der Waals surface area contributed by atoms with Crippen molar-refractivity contribution in [2.45, 2.75) is 6.42 Å². The van der Waals surface area contributed by atoms with Crippen LogP contribution in [0.15, 0.2) is 22.8 Å². The van der Waals surface area contributed by atoms with Crippen molar-refractivity contribution in [2.75, 3.05) is 7.11 Å². The molecule has 0 aliphatic carbocycles. The van der Waals surface area contributed by atoms with Crippen LogP contribution in [0.1, 0.15) is 16.9 Å². The molecule has 0 bridgehead atoms. The first-order chi connectivity index (χ1) is 6.63. The van der Waals surface area contributed by atoms with Crippen molar-refractivity contribution in [1.29, 1.82) is 0 Å². The molecule has 0 aromatic carbocycles. The molecule has 1 rings (SSSR count). The van der Waals surface area contributed by atoms with Crippen molar-refractivity contribution < 1.29 is 14.3 Å². The molecule has 0 aliphatic heterocycles. The van der Waals surface area contributed by atoms with Crippen LogP contribution in [0.3, 0.4) is 0 Å². The molecule has 4 nitrogen and oxygen atoms in total. The molecule has 0 aliphatic rings. The standard InChI is InChI=1S/C9H8BrNO3/c1-14-9(13)5-7(12)6-3-2-4-8(10)11-6/h2-4H,5H2,1H3. The van der Waals surface area contributed by atoms with Crippen LogP contribution in [-0.2, 0) is 9.53 Å². The lowest BCUT2D eigenvalue weighted by Crippen LogP contribution is -2.10. The number of carbonyl (C=O) groups is 2. The second-order valence-corrected chi connectivity index (χ2v) is 3.33. The first kappa shape index (κ1) is 10.8. The smallest absolute Gasteiger partial charge is 0.313 e. The third-order valence-corrected chi connectivity index (χ3v) is 1.98. The average molecular weight is 258 g/mol. The highest BCUT2D eigenvalue weighted by Crippen LogP contribution is 2.08. The summed E-state index contributed by atoms with van der Waals surface area (Å²) in [5.41, 5.74) is 0.254. The molecule has 0 fully saturated rings. The van der Waals surface area contributed by atoms with E-state index in [9.17, 15) is 9.59 Å². The Bertz CT molecular complexity index is 365. The number of nitrogens with zero attached hydrogens (tertiary/aromatic N) is 1. The highest BCUT2D eigenvalue weighted by Gasteiger charge is 2.12. The summed E-state index contributed by atoms with van der Waals surface area (Å²) in [6, 6.07) is 4.94. The van der Waals surface area contributed by atoms with Gasteiger partial charge in [-0.3, -0.25) is 9.59 Å². The van der Waals surface area contributed by atoms with Gasteiger partial charge in [0, 0.05) is 0 Å². The van der Waals surface area contributed by atoms with E-state index in [0.717, 1.165) is 0 Å². The van der Waals surface area contributed by atoms with Crippen LogP contribution in [0.4, 0.5) is 0 Å². The fourth-order valence-corrected chi connectivity index (χ4v) is 1.20. The van der Waals surface area contributed by atoms with E-state index in [4.69, 9.17) is 0 Å². The van der Waals surface area contributed by atoms with Crippen molar-refractivity contribution in [3.05, 3.63) is 28.5 Å². The van der Waals surface area contributed by atoms with Crippen molar-refractivity contribution in [3.8, 4) is 0 Å². The van der Waals surface area contributed by atoms with Crippen molar-refractivity contribution in [3.63, 3.8) is 0 Å². The minimum absolute atomic E-state index is 0.254. The number of methoxy groups -OCH3 is 1. The number of rotatable bonds is 3. The molecule has 0 N–H and O–H groups in total. The van der Waals surface area contributed by atoms with E-state index >= 15 is 0 Å². The van der Waals surface area contributed by atoms with Crippen LogP contribution in [-0.4, -0.2) is 23.8 Å². The van der Waals surface area contributed by atoms with E-state index in [1.54, 1.807) is 18.2 Å². The number of pyridine rings is 1. The Morgan fingerprint density at radius 3 is 2.79 bits per heavy atom. The number of halogens is 1. The number of ketones is 1. The van der Waals surface area contributed by atoms with E-state index in [0.29, 0.717) is 4.60 Å². The van der Waals surface area contributed by atoms with E-state index in [1.165, 1.54) is 7.11 Å². The Morgan fingerprint density at radius 2 is 2.21 bits per heavy atom. The number of ether oxygens (including phenoxy) is 1. The second-order valence-electron chi connectivity index (χ2n) is 2.52. The van der Waals surface area contributed by atoms with Gasteiger partial charge in [-0.1, -0.05) is 6.07 Å². The fourth-order valence-electron chi connectivity index (χ4n) is 0.857. The zero-order valence-corrected chi connectivity index (χ0v) is 9.08. The van der Waals surface area contributed by atoms with Crippen LogP contribution in [0.5, 0.6) is 0 Å². The molecule has 0 unspecified atom stereocenters. The first-order valence-corrected chi connectivity index (χ1v) is 4.65. The van der Waals surface area contributed by atoms with Gasteiger partial charge in [0.25, 0.3) is 0 Å². The van der Waals surface area contributed by atoms with Gasteiger partial charge >= 0.3 is 5.97 Å². The summed E-state index contributed by atoms with van der Waals surface area (Å²) >= 11 is 3.13. The summed E-state index contributed by atoms with van der Waals surface area (Å²) in [5, 5.41) is 0. The molecule has 14 heavy (non-hydrogen) atoms. The minimum atomic E-state index is -0.559. The molecule has 0 saturated carbocycles. The third kappa shape index (κ3) is 2.92. The van der Waals surface area contributed by atoms with Crippen LogP contribution in [0.2, 0.25) is 0 Å². The van der Waals surface area contributed by atoms with Gasteiger partial charge in [0.05, 0.1) is 7.11 Å². The summed E-state index contributed by atoms with van der Waals surface area (Å²) in [7, 11) is 1.24. The topological polar surface area (TPSA) is 56.3 Å². The predicted octanol–water partition coefficient (Wildman–Crippen LogP) is 1.59. The SMILES string of the molecule is COC(=O)CC(=O)c1cccc(Br)n1. The van der Waals surface area contributed by atoms with Gasteiger partial charge < -0.3 is 4.74 Å². The number of hydrogen-bond acceptors (Lipinski definition) is 4. The highest BCUT2D eigenvalue weighted by atomic mass is 79.9. The molecular weight excluding hydrogens is 250 g/mol. The largest absolute Gasteiger partial charge is 0.469 e. The van der Waals surface area contributed by atoms with E-state index in [1.807, 2.05) is 0 Å². The molecule has 0 amide bonds. The number of aromatic nitrogens is 1. The molecule has 0 spiro atoms. The monoisotopic (exact) mass is 257 g/mol. The lowest BCUT2D eigenvalue weighted by molar-refractivity contribution is -0.139. The summed E-state index contributed by atoms with van der Waals surface area (Å²) in [6.07, 6.45) is -0.278. The Morgan fingerprint density at radius 1 is 1.50 bits per heavy atom. The fraction of sp³-hybridized carbons (Fsp3) is 0.222. The summed E-state index contributed by atoms with van der Waals surface area (Å²) in [6.45, 7) is 0. The Labute approximate surface area is 89.4 Å². The Kier molecular flexibility index (Phi) is 3.76. The van der Waals surface area contributed by atoms with E-state index in [-0.39, 0.29) is 17.9 Å². The lowest BCUT2D eigenvalue weighted by Gasteiger charge is -1.99. The zero-order chi connectivity index (χ0) is 10.6. The van der Waals surface area contributed by atoms with E-state index < -0.39 is 5.97 Å². The van der Waals surface area contributed by atoms with Gasteiger partial charge in [-0.2, -0.15) is 0 Å². The predicted molar refractivity (Wildman–Crippen MR) is 52.9 cm³/mol. The number of carbonyl (C=O) groups excluding carboxylic acids is 2. The maximum absolute atomic E-state index is 11.4. The van der Waals surface area contributed by atoms with Crippen LogP contribution < -0.4 is 0 Å². The number of esters is 1. The zero-order valence-electron chi connectivity index (χ0n) is 7.49. The van der Waals surface area contributed by atoms with Gasteiger partial charge in [-0.15, -0.1) is 0 Å². The molecule has 0 atom stereocenters. The first-order valence-electron chi connectivity index (χ1n) is 3.86. The van der Waals surface area contributed by atoms with Crippen molar-refractivity contribution in [1.82, 2.24) is 4.98 Å². The van der Waals surface area contributed by atoms with Gasteiger partial charge in [-0.25, -0.2) is 4.98 Å². The molecule has 0 saturated heterocycles. The summed E-state index contributed by atoms with van der Waals surface area (Å²) < 4.78 is 4.94. The van der Waals surface area contributed by atoms with E-state index in [2.05, 4.69) is 25.7 Å². The minimum Gasteiger partial charge on any atom is -0.469 e. The highest BCUT2D eigenvalue weighted by molar-refractivity contribution is 9.10. The third-order valence-electron chi connectivity index (χ3n) is 1.53. The maximum Gasteiger partial charge on any atom is 0.313 e. The van der Waals surface area contributed by atoms with Gasteiger partial charge in [-0.05, 0) is 28.1 Å². The number of hydrogen-bond donors (Lipinski definition) is 0.